The Bertz CT molecular complexity index is 1230. The minimum Gasteiger partial charge on any atom is -0.304 e. The lowest BCUT2D eigenvalue weighted by Crippen LogP contribution is -2.43. The van der Waals surface area contributed by atoms with E-state index >= 15 is 0 Å². The van der Waals surface area contributed by atoms with Gasteiger partial charge in [-0.1, -0.05) is 48.0 Å². The van der Waals surface area contributed by atoms with E-state index in [0.717, 1.165) is 60.8 Å². The molecule has 1 saturated heterocycles. The number of aromatic nitrogens is 2. The van der Waals surface area contributed by atoms with E-state index < -0.39 is 0 Å². The van der Waals surface area contributed by atoms with Crippen molar-refractivity contribution in [2.24, 2.45) is 0 Å². The Balaban J connectivity index is 1.51. The van der Waals surface area contributed by atoms with Crippen molar-refractivity contribution in [1.29, 1.82) is 0 Å². The van der Waals surface area contributed by atoms with Gasteiger partial charge in [0.05, 0.1) is 17.6 Å². The summed E-state index contributed by atoms with van der Waals surface area (Å²) in [6.45, 7) is 4.81. The highest BCUT2D eigenvalue weighted by atomic mass is 35.5. The van der Waals surface area contributed by atoms with E-state index in [0.29, 0.717) is 10.6 Å². The van der Waals surface area contributed by atoms with Gasteiger partial charge in [-0.15, -0.1) is 0 Å². The van der Waals surface area contributed by atoms with Gasteiger partial charge in [-0.2, -0.15) is 5.10 Å². The van der Waals surface area contributed by atoms with Crippen LogP contribution in [0.1, 0.15) is 5.56 Å². The molecule has 3 aromatic carbocycles. The van der Waals surface area contributed by atoms with E-state index in [9.17, 15) is 4.39 Å². The third-order valence-corrected chi connectivity index (χ3v) is 6.51. The molecule has 2 heterocycles. The number of hydrogen-bond donors (Lipinski definition) is 0. The van der Waals surface area contributed by atoms with Crippen LogP contribution in [0.15, 0.2) is 79.0 Å². The molecular formula is C27H26ClFN4. The van der Waals surface area contributed by atoms with E-state index in [1.54, 1.807) is 6.07 Å². The molecule has 33 heavy (non-hydrogen) atoms. The summed E-state index contributed by atoms with van der Waals surface area (Å²) in [5.74, 6) is -0.239. The van der Waals surface area contributed by atoms with Gasteiger partial charge >= 0.3 is 0 Å². The Hall–Kier alpha value is -2.99. The molecule has 168 valence electrons. The number of nitrogens with zero attached hydrogens (tertiary/aromatic N) is 4. The summed E-state index contributed by atoms with van der Waals surface area (Å²) < 4.78 is 16.8. The SMILES string of the molecule is CN1CCN(Cc2cnn(-c3ccc(-c4ccc(Cl)cc4)cc3)c2-c2ccccc2F)CC1. The maximum Gasteiger partial charge on any atom is 0.132 e. The maximum atomic E-state index is 14.9. The molecular weight excluding hydrogens is 435 g/mol. The highest BCUT2D eigenvalue weighted by Gasteiger charge is 2.21. The summed E-state index contributed by atoms with van der Waals surface area (Å²) in [4.78, 5) is 4.75. The van der Waals surface area contributed by atoms with E-state index in [4.69, 9.17) is 16.7 Å². The highest BCUT2D eigenvalue weighted by Crippen LogP contribution is 2.31. The molecule has 0 amide bonds. The average molecular weight is 461 g/mol. The van der Waals surface area contributed by atoms with Crippen molar-refractivity contribution in [3.63, 3.8) is 0 Å². The van der Waals surface area contributed by atoms with Crippen LogP contribution in [-0.4, -0.2) is 52.8 Å². The van der Waals surface area contributed by atoms with Crippen molar-refractivity contribution >= 4 is 11.6 Å². The fourth-order valence-electron chi connectivity index (χ4n) is 4.32. The number of halogens is 2. The number of likely N-dealkylation sites (N-methyl/N-ethyl adjacent to an activating group) is 1. The van der Waals surface area contributed by atoms with E-state index in [-0.39, 0.29) is 5.82 Å². The van der Waals surface area contributed by atoms with Crippen molar-refractivity contribution in [1.82, 2.24) is 19.6 Å². The summed E-state index contributed by atoms with van der Waals surface area (Å²) in [6, 6.07) is 22.9. The van der Waals surface area contributed by atoms with Gasteiger partial charge in [-0.3, -0.25) is 4.90 Å². The summed E-state index contributed by atoms with van der Waals surface area (Å²) in [6.07, 6.45) is 1.88. The number of benzene rings is 3. The van der Waals surface area contributed by atoms with Crippen LogP contribution in [0.4, 0.5) is 4.39 Å². The van der Waals surface area contributed by atoms with Gasteiger partial charge in [-0.25, -0.2) is 9.07 Å². The Labute approximate surface area is 198 Å². The zero-order valence-electron chi connectivity index (χ0n) is 18.6. The van der Waals surface area contributed by atoms with E-state index in [1.807, 2.05) is 59.4 Å². The molecule has 0 N–H and O–H groups in total. The van der Waals surface area contributed by atoms with Crippen molar-refractivity contribution in [2.75, 3.05) is 33.2 Å². The molecule has 0 spiro atoms. The van der Waals surface area contributed by atoms with Crippen LogP contribution in [0.3, 0.4) is 0 Å². The third-order valence-electron chi connectivity index (χ3n) is 6.25. The normalized spacial score (nSPS) is 15.1. The first-order chi connectivity index (χ1) is 16.1. The molecule has 6 heteroatoms. The molecule has 0 bridgehead atoms. The standard InChI is InChI=1S/C27H26ClFN4/c1-31-14-16-32(17-15-31)19-22-18-30-33(27(22)25-4-2-3-5-26(25)29)24-12-8-21(9-13-24)20-6-10-23(28)11-7-20/h2-13,18H,14-17,19H2,1H3. The third kappa shape index (κ3) is 4.71. The first kappa shape index (κ1) is 21.8. The van der Waals surface area contributed by atoms with Crippen molar-refractivity contribution in [3.8, 4) is 28.1 Å². The molecule has 4 nitrogen and oxygen atoms in total. The van der Waals surface area contributed by atoms with E-state index in [2.05, 4.69) is 29.0 Å². The van der Waals surface area contributed by atoms with Crippen LogP contribution in [-0.2, 0) is 6.54 Å². The minimum absolute atomic E-state index is 0.239. The molecule has 0 aliphatic carbocycles. The Kier molecular flexibility index (Phi) is 6.27. The predicted molar refractivity (Wildman–Crippen MR) is 132 cm³/mol. The van der Waals surface area contributed by atoms with Crippen molar-refractivity contribution in [3.05, 3.63) is 95.4 Å². The van der Waals surface area contributed by atoms with Crippen LogP contribution in [0.25, 0.3) is 28.1 Å². The van der Waals surface area contributed by atoms with Gasteiger partial charge in [0.15, 0.2) is 0 Å². The fourth-order valence-corrected chi connectivity index (χ4v) is 4.44. The minimum atomic E-state index is -0.239. The van der Waals surface area contributed by atoms with Crippen LogP contribution < -0.4 is 0 Å². The smallest absolute Gasteiger partial charge is 0.132 e. The summed E-state index contributed by atoms with van der Waals surface area (Å²) in [5, 5.41) is 5.41. The lowest BCUT2D eigenvalue weighted by molar-refractivity contribution is 0.148. The molecule has 0 unspecified atom stereocenters. The summed E-state index contributed by atoms with van der Waals surface area (Å²) in [7, 11) is 2.15. The molecule has 1 fully saturated rings. The zero-order valence-corrected chi connectivity index (χ0v) is 19.3. The fraction of sp³-hybridized carbons (Fsp3) is 0.222. The summed E-state index contributed by atoms with van der Waals surface area (Å²) >= 11 is 6.02. The molecule has 5 rings (SSSR count). The Morgan fingerprint density at radius 2 is 1.48 bits per heavy atom. The first-order valence-electron chi connectivity index (χ1n) is 11.2. The van der Waals surface area contributed by atoms with Crippen molar-refractivity contribution in [2.45, 2.75) is 6.54 Å². The van der Waals surface area contributed by atoms with Crippen LogP contribution in [0, 0.1) is 5.82 Å². The quantitative estimate of drug-likeness (QED) is 0.379. The topological polar surface area (TPSA) is 24.3 Å². The van der Waals surface area contributed by atoms with Gasteiger partial charge in [0.2, 0.25) is 0 Å². The highest BCUT2D eigenvalue weighted by molar-refractivity contribution is 6.30. The second-order valence-corrected chi connectivity index (χ2v) is 8.98. The molecule has 1 aliphatic heterocycles. The van der Waals surface area contributed by atoms with Gasteiger partial charge < -0.3 is 4.90 Å². The molecule has 0 radical (unpaired) electrons. The van der Waals surface area contributed by atoms with Gasteiger partial charge in [0, 0.05) is 48.9 Å². The van der Waals surface area contributed by atoms with E-state index in [1.165, 1.54) is 6.07 Å². The molecule has 0 saturated carbocycles. The number of hydrogen-bond acceptors (Lipinski definition) is 3. The second kappa shape index (κ2) is 9.48. The molecule has 4 aromatic rings. The second-order valence-electron chi connectivity index (χ2n) is 8.54. The van der Waals surface area contributed by atoms with Crippen LogP contribution >= 0.6 is 11.6 Å². The van der Waals surface area contributed by atoms with Crippen LogP contribution in [0.5, 0.6) is 0 Å². The van der Waals surface area contributed by atoms with Crippen LogP contribution in [0.2, 0.25) is 5.02 Å². The Morgan fingerprint density at radius 3 is 2.15 bits per heavy atom. The van der Waals surface area contributed by atoms with Gasteiger partial charge in [-0.05, 0) is 54.6 Å². The van der Waals surface area contributed by atoms with Gasteiger partial charge in [0.25, 0.3) is 0 Å². The zero-order chi connectivity index (χ0) is 22.8. The van der Waals surface area contributed by atoms with Gasteiger partial charge in [0.1, 0.15) is 5.82 Å². The monoisotopic (exact) mass is 460 g/mol. The number of rotatable bonds is 5. The predicted octanol–water partition coefficient (Wildman–Crippen LogP) is 5.75. The maximum absolute atomic E-state index is 14.9. The lowest BCUT2D eigenvalue weighted by Gasteiger charge is -2.32. The first-order valence-corrected chi connectivity index (χ1v) is 11.6. The molecule has 0 atom stereocenters. The summed E-state index contributed by atoms with van der Waals surface area (Å²) in [5.41, 5.74) is 5.50. The average Bonchev–Trinajstić information content (AvgIpc) is 3.25. The number of piperazine rings is 1. The lowest BCUT2D eigenvalue weighted by atomic mass is 10.0. The van der Waals surface area contributed by atoms with Crippen molar-refractivity contribution < 1.29 is 4.39 Å². The Morgan fingerprint density at radius 1 is 0.848 bits per heavy atom. The molecule has 1 aromatic heterocycles. The largest absolute Gasteiger partial charge is 0.304 e. The molecule has 1 aliphatic rings.